The molecule has 1 fully saturated rings. The Hall–Kier alpha value is -1.46. The number of hydrogen-bond donors (Lipinski definition) is 1. The number of nitrogens with one attached hydrogen (secondary N) is 1. The number of halogens is 1. The fourth-order valence-electron chi connectivity index (χ4n) is 2.30. The van der Waals surface area contributed by atoms with Gasteiger partial charge >= 0.3 is 0 Å². The second-order valence-corrected chi connectivity index (χ2v) is 5.08. The largest absolute Gasteiger partial charge is 0.497 e. The van der Waals surface area contributed by atoms with Gasteiger partial charge in [-0.2, -0.15) is 0 Å². The number of carbonyl (C=O) groups is 1. The third-order valence-corrected chi connectivity index (χ3v) is 3.40. The number of amides is 1. The average molecular weight is 315 g/mol. The smallest absolute Gasteiger partial charge is 0.263 e. The summed E-state index contributed by atoms with van der Waals surface area (Å²) < 4.78 is 10.8. The van der Waals surface area contributed by atoms with Gasteiger partial charge in [0.2, 0.25) is 0 Å². The van der Waals surface area contributed by atoms with Crippen molar-refractivity contribution in [3.8, 4) is 11.5 Å². The number of rotatable bonds is 4. The van der Waals surface area contributed by atoms with Crippen molar-refractivity contribution in [2.24, 2.45) is 0 Å². The van der Waals surface area contributed by atoms with Gasteiger partial charge in [0.05, 0.1) is 7.11 Å². The lowest BCUT2D eigenvalue weighted by Gasteiger charge is -2.33. The van der Waals surface area contributed by atoms with Gasteiger partial charge in [-0.3, -0.25) is 4.79 Å². The van der Waals surface area contributed by atoms with Crippen LogP contribution < -0.4 is 14.8 Å². The first kappa shape index (κ1) is 17.6. The van der Waals surface area contributed by atoms with E-state index >= 15 is 0 Å². The second-order valence-electron chi connectivity index (χ2n) is 5.08. The normalized spacial score (nSPS) is 19.4. The van der Waals surface area contributed by atoms with E-state index in [1.54, 1.807) is 14.0 Å². The summed E-state index contributed by atoms with van der Waals surface area (Å²) in [4.78, 5) is 14.2. The van der Waals surface area contributed by atoms with Crippen molar-refractivity contribution < 1.29 is 14.3 Å². The van der Waals surface area contributed by atoms with Crippen LogP contribution >= 0.6 is 12.4 Å². The molecule has 1 heterocycles. The first-order valence-electron chi connectivity index (χ1n) is 6.93. The van der Waals surface area contributed by atoms with Gasteiger partial charge in [-0.05, 0) is 38.1 Å². The van der Waals surface area contributed by atoms with Crippen LogP contribution in [-0.4, -0.2) is 49.7 Å². The topological polar surface area (TPSA) is 50.8 Å². The molecule has 1 aromatic carbocycles. The maximum absolute atomic E-state index is 12.3. The van der Waals surface area contributed by atoms with E-state index in [0.717, 1.165) is 25.4 Å². The number of methoxy groups -OCH3 is 1. The molecule has 0 spiro atoms. The van der Waals surface area contributed by atoms with Gasteiger partial charge in [0, 0.05) is 25.7 Å². The zero-order valence-corrected chi connectivity index (χ0v) is 13.5. The molecule has 2 atom stereocenters. The van der Waals surface area contributed by atoms with Crippen LogP contribution in [0.15, 0.2) is 24.3 Å². The number of ether oxygens (including phenoxy) is 2. The lowest BCUT2D eigenvalue weighted by Crippen LogP contribution is -2.54. The van der Waals surface area contributed by atoms with Gasteiger partial charge < -0.3 is 19.7 Å². The predicted octanol–water partition coefficient (Wildman–Crippen LogP) is 1.70. The third-order valence-electron chi connectivity index (χ3n) is 3.40. The predicted molar refractivity (Wildman–Crippen MR) is 84.4 cm³/mol. The fraction of sp³-hybridized carbons (Fsp3) is 0.533. The van der Waals surface area contributed by atoms with Crippen molar-refractivity contribution in [2.75, 3.05) is 26.7 Å². The summed E-state index contributed by atoms with van der Waals surface area (Å²) in [6.45, 7) is 6.17. The molecule has 21 heavy (non-hydrogen) atoms. The van der Waals surface area contributed by atoms with E-state index in [4.69, 9.17) is 9.47 Å². The van der Waals surface area contributed by atoms with Crippen LogP contribution in [-0.2, 0) is 4.79 Å². The molecule has 0 radical (unpaired) electrons. The first-order chi connectivity index (χ1) is 9.60. The Morgan fingerprint density at radius 1 is 1.33 bits per heavy atom. The molecule has 5 nitrogen and oxygen atoms in total. The molecule has 1 N–H and O–H groups in total. The second kappa shape index (κ2) is 8.10. The van der Waals surface area contributed by atoms with Crippen LogP contribution in [0.25, 0.3) is 0 Å². The Balaban J connectivity index is 0.00000220. The van der Waals surface area contributed by atoms with E-state index in [1.165, 1.54) is 0 Å². The lowest BCUT2D eigenvalue weighted by atomic mass is 10.2. The summed E-state index contributed by atoms with van der Waals surface area (Å²) >= 11 is 0. The van der Waals surface area contributed by atoms with Crippen molar-refractivity contribution in [3.63, 3.8) is 0 Å². The van der Waals surface area contributed by atoms with Gasteiger partial charge in [0.25, 0.3) is 5.91 Å². The highest BCUT2D eigenvalue weighted by Gasteiger charge is 2.25. The van der Waals surface area contributed by atoms with Gasteiger partial charge in [-0.15, -0.1) is 12.4 Å². The molecule has 118 valence electrons. The molecule has 0 bridgehead atoms. The monoisotopic (exact) mass is 314 g/mol. The van der Waals surface area contributed by atoms with E-state index in [1.807, 2.05) is 29.2 Å². The molecular formula is C15H23ClN2O3. The van der Waals surface area contributed by atoms with Crippen LogP contribution in [0.1, 0.15) is 13.8 Å². The van der Waals surface area contributed by atoms with Crippen molar-refractivity contribution in [1.29, 1.82) is 0 Å². The lowest BCUT2D eigenvalue weighted by molar-refractivity contribution is -0.139. The molecular weight excluding hydrogens is 292 g/mol. The van der Waals surface area contributed by atoms with Gasteiger partial charge in [0.1, 0.15) is 11.5 Å². The number of nitrogens with zero attached hydrogens (tertiary/aromatic N) is 1. The maximum Gasteiger partial charge on any atom is 0.263 e. The molecule has 1 aliphatic rings. The van der Waals surface area contributed by atoms with Crippen LogP contribution in [0.3, 0.4) is 0 Å². The zero-order chi connectivity index (χ0) is 14.5. The molecule has 1 saturated heterocycles. The molecule has 1 aliphatic heterocycles. The number of carbonyl (C=O) groups excluding carboxylic acids is 1. The molecule has 1 aromatic rings. The summed E-state index contributed by atoms with van der Waals surface area (Å²) in [7, 11) is 1.62. The molecule has 0 saturated carbocycles. The quantitative estimate of drug-likeness (QED) is 0.919. The average Bonchev–Trinajstić information content (AvgIpc) is 2.47. The highest BCUT2D eigenvalue weighted by atomic mass is 35.5. The van der Waals surface area contributed by atoms with E-state index in [9.17, 15) is 4.79 Å². The Bertz CT molecular complexity index is 453. The third kappa shape index (κ3) is 4.79. The molecule has 1 amide bonds. The summed E-state index contributed by atoms with van der Waals surface area (Å²) in [5.41, 5.74) is 0. The Labute approximate surface area is 132 Å². The first-order valence-corrected chi connectivity index (χ1v) is 6.93. The van der Waals surface area contributed by atoms with Crippen LogP contribution in [0, 0.1) is 0 Å². The number of benzene rings is 1. The fourth-order valence-corrected chi connectivity index (χ4v) is 2.30. The molecule has 0 aliphatic carbocycles. The van der Waals surface area contributed by atoms with E-state index in [2.05, 4.69) is 12.2 Å². The number of hydrogen-bond acceptors (Lipinski definition) is 4. The van der Waals surface area contributed by atoms with Crippen molar-refractivity contribution >= 4 is 18.3 Å². The van der Waals surface area contributed by atoms with E-state index in [0.29, 0.717) is 11.8 Å². The zero-order valence-electron chi connectivity index (χ0n) is 12.7. The molecule has 0 aromatic heterocycles. The van der Waals surface area contributed by atoms with Crippen molar-refractivity contribution in [1.82, 2.24) is 10.2 Å². The van der Waals surface area contributed by atoms with Gasteiger partial charge in [-0.1, -0.05) is 0 Å². The minimum Gasteiger partial charge on any atom is -0.497 e. The van der Waals surface area contributed by atoms with Crippen LogP contribution in [0.4, 0.5) is 0 Å². The Morgan fingerprint density at radius 2 is 1.95 bits per heavy atom. The van der Waals surface area contributed by atoms with Gasteiger partial charge in [-0.25, -0.2) is 0 Å². The van der Waals surface area contributed by atoms with Crippen LogP contribution in [0.2, 0.25) is 0 Å². The Morgan fingerprint density at radius 3 is 2.52 bits per heavy atom. The highest BCUT2D eigenvalue weighted by molar-refractivity contribution is 5.85. The minimum atomic E-state index is -0.478. The van der Waals surface area contributed by atoms with E-state index in [-0.39, 0.29) is 18.3 Å². The van der Waals surface area contributed by atoms with Crippen LogP contribution in [0.5, 0.6) is 11.5 Å². The molecule has 2 unspecified atom stereocenters. The maximum atomic E-state index is 12.3. The van der Waals surface area contributed by atoms with E-state index < -0.39 is 6.10 Å². The molecule has 2 rings (SSSR count). The molecule has 6 heteroatoms. The summed E-state index contributed by atoms with van der Waals surface area (Å²) in [6, 6.07) is 7.59. The highest BCUT2D eigenvalue weighted by Crippen LogP contribution is 2.18. The summed E-state index contributed by atoms with van der Waals surface area (Å²) in [5, 5.41) is 3.32. The summed E-state index contributed by atoms with van der Waals surface area (Å²) in [5.74, 6) is 1.48. The number of piperazine rings is 1. The minimum absolute atomic E-state index is 0. The SMILES string of the molecule is COc1ccc(OC(C)C(=O)N2CCNC(C)C2)cc1.Cl. The summed E-state index contributed by atoms with van der Waals surface area (Å²) in [6.07, 6.45) is -0.478. The van der Waals surface area contributed by atoms with Gasteiger partial charge in [0.15, 0.2) is 6.10 Å². The Kier molecular flexibility index (Phi) is 6.78. The standard InChI is InChI=1S/C15H22N2O3.ClH/c1-11-10-17(9-8-16-11)15(18)12(2)20-14-6-4-13(19-3)5-7-14;/h4-7,11-12,16H,8-10H2,1-3H3;1H. The van der Waals surface area contributed by atoms with Crippen molar-refractivity contribution in [3.05, 3.63) is 24.3 Å². The van der Waals surface area contributed by atoms with Crippen molar-refractivity contribution in [2.45, 2.75) is 26.0 Å².